The van der Waals surface area contributed by atoms with Crippen molar-refractivity contribution in [2.75, 3.05) is 7.11 Å². The maximum absolute atomic E-state index is 6.24. The Balaban J connectivity index is 2.07. The first-order valence-corrected chi connectivity index (χ1v) is 7.11. The van der Waals surface area contributed by atoms with Gasteiger partial charge in [-0.2, -0.15) is 0 Å². The van der Waals surface area contributed by atoms with E-state index in [1.165, 1.54) is 11.1 Å². The second-order valence-electron chi connectivity index (χ2n) is 4.93. The predicted molar refractivity (Wildman–Crippen MR) is 84.4 cm³/mol. The van der Waals surface area contributed by atoms with E-state index < -0.39 is 0 Å². The van der Waals surface area contributed by atoms with E-state index in [1.807, 2.05) is 18.2 Å². The van der Waals surface area contributed by atoms with Crippen LogP contribution in [0.1, 0.15) is 29.7 Å². The number of halogens is 1. The zero-order valence-corrected chi connectivity index (χ0v) is 12.9. The lowest BCUT2D eigenvalue weighted by Crippen LogP contribution is -2.18. The van der Waals surface area contributed by atoms with Gasteiger partial charge in [0.2, 0.25) is 0 Å². The molecule has 0 aromatic heterocycles. The van der Waals surface area contributed by atoms with Gasteiger partial charge >= 0.3 is 0 Å². The molecular weight excluding hydrogens is 270 g/mol. The summed E-state index contributed by atoms with van der Waals surface area (Å²) in [5, 5.41) is 4.22. The molecule has 0 saturated carbocycles. The minimum Gasteiger partial charge on any atom is -0.496 e. The first-order valence-electron chi connectivity index (χ1n) is 6.73. The molecule has 106 valence electrons. The van der Waals surface area contributed by atoms with Crippen molar-refractivity contribution in [2.24, 2.45) is 0 Å². The van der Waals surface area contributed by atoms with Gasteiger partial charge in [0.25, 0.3) is 0 Å². The van der Waals surface area contributed by atoms with Crippen LogP contribution in [-0.4, -0.2) is 7.11 Å². The molecule has 0 heterocycles. The van der Waals surface area contributed by atoms with Crippen molar-refractivity contribution in [2.45, 2.75) is 26.4 Å². The SMILES string of the molecule is COc1cccc(Cl)c1CN[C@@H](C)c1ccc(C)cc1. The molecule has 20 heavy (non-hydrogen) atoms. The second kappa shape index (κ2) is 6.78. The van der Waals surface area contributed by atoms with Gasteiger partial charge in [0.15, 0.2) is 0 Å². The Morgan fingerprint density at radius 3 is 2.50 bits per heavy atom. The number of aryl methyl sites for hydroxylation is 1. The number of hydrogen-bond donors (Lipinski definition) is 1. The van der Waals surface area contributed by atoms with Crippen LogP contribution in [0.25, 0.3) is 0 Å². The van der Waals surface area contributed by atoms with Crippen LogP contribution < -0.4 is 10.1 Å². The number of methoxy groups -OCH3 is 1. The van der Waals surface area contributed by atoms with Crippen LogP contribution in [0.2, 0.25) is 5.02 Å². The lowest BCUT2D eigenvalue weighted by Gasteiger charge is -2.17. The zero-order chi connectivity index (χ0) is 14.5. The van der Waals surface area contributed by atoms with Crippen molar-refractivity contribution < 1.29 is 4.74 Å². The molecule has 0 unspecified atom stereocenters. The number of ether oxygens (including phenoxy) is 1. The molecule has 0 saturated heterocycles. The molecular formula is C17H20ClNO. The standard InChI is InChI=1S/C17H20ClNO/c1-12-7-9-14(10-8-12)13(2)19-11-15-16(18)5-4-6-17(15)20-3/h4-10,13,19H,11H2,1-3H3/t13-/m0/s1. The lowest BCUT2D eigenvalue weighted by atomic mass is 10.1. The molecule has 0 spiro atoms. The molecule has 0 radical (unpaired) electrons. The Hall–Kier alpha value is -1.51. The van der Waals surface area contributed by atoms with Crippen LogP contribution in [0.4, 0.5) is 0 Å². The van der Waals surface area contributed by atoms with Gasteiger partial charge in [-0.3, -0.25) is 0 Å². The van der Waals surface area contributed by atoms with E-state index in [9.17, 15) is 0 Å². The highest BCUT2D eigenvalue weighted by Crippen LogP contribution is 2.26. The smallest absolute Gasteiger partial charge is 0.124 e. The minimum absolute atomic E-state index is 0.261. The normalized spacial score (nSPS) is 12.2. The summed E-state index contributed by atoms with van der Waals surface area (Å²) in [5.41, 5.74) is 3.53. The van der Waals surface area contributed by atoms with Gasteiger partial charge < -0.3 is 10.1 Å². The predicted octanol–water partition coefficient (Wildman–Crippen LogP) is 4.51. The maximum Gasteiger partial charge on any atom is 0.124 e. The van der Waals surface area contributed by atoms with Gasteiger partial charge in [0.1, 0.15) is 5.75 Å². The average Bonchev–Trinajstić information content (AvgIpc) is 2.46. The van der Waals surface area contributed by atoms with Crippen molar-refractivity contribution in [3.8, 4) is 5.75 Å². The van der Waals surface area contributed by atoms with Crippen molar-refractivity contribution in [1.29, 1.82) is 0 Å². The topological polar surface area (TPSA) is 21.3 Å². The zero-order valence-electron chi connectivity index (χ0n) is 12.1. The van der Waals surface area contributed by atoms with Crippen molar-refractivity contribution in [3.05, 3.63) is 64.2 Å². The lowest BCUT2D eigenvalue weighted by molar-refractivity contribution is 0.406. The van der Waals surface area contributed by atoms with E-state index in [2.05, 4.69) is 43.4 Å². The third kappa shape index (κ3) is 3.53. The molecule has 1 N–H and O–H groups in total. The van der Waals surface area contributed by atoms with E-state index in [-0.39, 0.29) is 6.04 Å². The van der Waals surface area contributed by atoms with E-state index in [4.69, 9.17) is 16.3 Å². The van der Waals surface area contributed by atoms with Crippen molar-refractivity contribution in [1.82, 2.24) is 5.32 Å². The van der Waals surface area contributed by atoms with Gasteiger partial charge in [0.05, 0.1) is 7.11 Å². The molecule has 0 fully saturated rings. The number of nitrogens with one attached hydrogen (secondary N) is 1. The third-order valence-corrected chi connectivity index (χ3v) is 3.81. The molecule has 0 aliphatic rings. The summed E-state index contributed by atoms with van der Waals surface area (Å²) in [6, 6.07) is 14.5. The largest absolute Gasteiger partial charge is 0.496 e. The summed E-state index contributed by atoms with van der Waals surface area (Å²) in [6.07, 6.45) is 0. The van der Waals surface area contributed by atoms with Crippen LogP contribution >= 0.6 is 11.6 Å². The first-order chi connectivity index (χ1) is 9.61. The fourth-order valence-corrected chi connectivity index (χ4v) is 2.36. The first kappa shape index (κ1) is 14.9. The summed E-state index contributed by atoms with van der Waals surface area (Å²) in [6.45, 7) is 4.92. The fraction of sp³-hybridized carbons (Fsp3) is 0.294. The number of hydrogen-bond acceptors (Lipinski definition) is 2. The van der Waals surface area contributed by atoms with Crippen LogP contribution in [-0.2, 0) is 6.54 Å². The third-order valence-electron chi connectivity index (χ3n) is 3.46. The summed E-state index contributed by atoms with van der Waals surface area (Å²) in [5.74, 6) is 0.820. The molecule has 0 aliphatic heterocycles. The van der Waals surface area contributed by atoms with Crippen LogP contribution in [0.3, 0.4) is 0 Å². The second-order valence-corrected chi connectivity index (χ2v) is 5.34. The molecule has 2 aromatic rings. The van der Waals surface area contributed by atoms with Crippen LogP contribution in [0.5, 0.6) is 5.75 Å². The summed E-state index contributed by atoms with van der Waals surface area (Å²) in [7, 11) is 1.67. The summed E-state index contributed by atoms with van der Waals surface area (Å²) >= 11 is 6.24. The average molecular weight is 290 g/mol. The van der Waals surface area contributed by atoms with Crippen LogP contribution in [0, 0.1) is 6.92 Å². The highest BCUT2D eigenvalue weighted by atomic mass is 35.5. The molecule has 1 atom stereocenters. The molecule has 2 nitrogen and oxygen atoms in total. The number of benzene rings is 2. The maximum atomic E-state index is 6.24. The molecule has 2 aromatic carbocycles. The molecule has 0 aliphatic carbocycles. The fourth-order valence-electron chi connectivity index (χ4n) is 2.13. The van der Waals surface area contributed by atoms with E-state index in [0.29, 0.717) is 6.54 Å². The molecule has 3 heteroatoms. The van der Waals surface area contributed by atoms with Crippen molar-refractivity contribution in [3.63, 3.8) is 0 Å². The van der Waals surface area contributed by atoms with Gasteiger partial charge in [-0.15, -0.1) is 0 Å². The van der Waals surface area contributed by atoms with E-state index in [0.717, 1.165) is 16.3 Å². The van der Waals surface area contributed by atoms with Crippen molar-refractivity contribution >= 4 is 11.6 Å². The number of rotatable bonds is 5. The molecule has 2 rings (SSSR count). The Bertz CT molecular complexity index is 566. The minimum atomic E-state index is 0.261. The highest BCUT2D eigenvalue weighted by molar-refractivity contribution is 6.31. The monoisotopic (exact) mass is 289 g/mol. The van der Waals surface area contributed by atoms with E-state index in [1.54, 1.807) is 7.11 Å². The Labute approximate surface area is 125 Å². The van der Waals surface area contributed by atoms with E-state index >= 15 is 0 Å². The highest BCUT2D eigenvalue weighted by Gasteiger charge is 2.10. The van der Waals surface area contributed by atoms with Gasteiger partial charge in [-0.25, -0.2) is 0 Å². The van der Waals surface area contributed by atoms with Gasteiger partial charge in [0, 0.05) is 23.2 Å². The molecule has 0 amide bonds. The Morgan fingerprint density at radius 1 is 1.15 bits per heavy atom. The van der Waals surface area contributed by atoms with Gasteiger partial charge in [-0.05, 0) is 31.5 Å². The molecule has 0 bridgehead atoms. The quantitative estimate of drug-likeness (QED) is 0.874. The Kier molecular flexibility index (Phi) is 5.05. The summed E-state index contributed by atoms with van der Waals surface area (Å²) in [4.78, 5) is 0. The Morgan fingerprint density at radius 2 is 1.85 bits per heavy atom. The van der Waals surface area contributed by atoms with Crippen LogP contribution in [0.15, 0.2) is 42.5 Å². The van der Waals surface area contributed by atoms with Gasteiger partial charge in [-0.1, -0.05) is 47.5 Å². The summed E-state index contributed by atoms with van der Waals surface area (Å²) < 4.78 is 5.36.